The monoisotopic (exact) mass is 290 g/mol. The Morgan fingerprint density at radius 3 is 2.33 bits per heavy atom. The van der Waals surface area contributed by atoms with Gasteiger partial charge in [-0.1, -0.05) is 36.9 Å². The average molecular weight is 290 g/mol. The van der Waals surface area contributed by atoms with Crippen molar-refractivity contribution in [3.8, 4) is 0 Å². The van der Waals surface area contributed by atoms with E-state index in [1.807, 2.05) is 6.07 Å². The highest BCUT2D eigenvalue weighted by Gasteiger charge is 2.23. The van der Waals surface area contributed by atoms with Crippen LogP contribution in [0.4, 0.5) is 0 Å². The normalized spacial score (nSPS) is 11.2. The Morgan fingerprint density at radius 1 is 1.19 bits per heavy atom. The molecule has 21 heavy (non-hydrogen) atoms. The Morgan fingerprint density at radius 2 is 1.81 bits per heavy atom. The molecule has 0 radical (unpaired) electrons. The van der Waals surface area contributed by atoms with Crippen molar-refractivity contribution < 1.29 is 14.0 Å². The summed E-state index contributed by atoms with van der Waals surface area (Å²) in [6.07, 6.45) is 0.882. The molecule has 1 aromatic rings. The summed E-state index contributed by atoms with van der Waals surface area (Å²) in [7, 11) is 0. The second-order valence-corrected chi connectivity index (χ2v) is 5.61. The molecule has 0 aliphatic carbocycles. The first-order chi connectivity index (χ1) is 10.0. The summed E-state index contributed by atoms with van der Waals surface area (Å²) < 4.78 is 6.21. The summed E-state index contributed by atoms with van der Waals surface area (Å²) in [5.41, 5.74) is 1.83. The van der Waals surface area contributed by atoms with Crippen molar-refractivity contribution in [1.82, 2.24) is 0 Å². The lowest BCUT2D eigenvalue weighted by Crippen LogP contribution is -2.47. The van der Waals surface area contributed by atoms with E-state index in [1.54, 1.807) is 6.92 Å². The van der Waals surface area contributed by atoms with Gasteiger partial charge in [-0.15, -0.1) is 0 Å². The Labute approximate surface area is 128 Å². The van der Waals surface area contributed by atoms with Gasteiger partial charge in [-0.25, -0.2) is 4.79 Å². The van der Waals surface area contributed by atoms with Crippen molar-refractivity contribution in [2.24, 2.45) is 0 Å². The van der Waals surface area contributed by atoms with Gasteiger partial charge in [-0.2, -0.15) is 0 Å². The highest BCUT2D eigenvalue weighted by molar-refractivity contribution is 5.86. The standard InChI is InChI=1S/C18H28NO2/c1-5-19(6-2,15-17-11-8-7-9-12-17)13-10-14-21-18(20)16(3)4/h7-9,11-12H,3,5-6,10,13-15H2,1-2,4H3/q+1. The summed E-state index contributed by atoms with van der Waals surface area (Å²) in [6.45, 7) is 14.4. The molecule has 0 spiro atoms. The topological polar surface area (TPSA) is 26.3 Å². The SMILES string of the molecule is C=C(C)C(=O)OCCC[N+](CC)(CC)Cc1ccccc1. The number of nitrogens with zero attached hydrogens (tertiary/aromatic N) is 1. The molecule has 0 aliphatic heterocycles. The van der Waals surface area contributed by atoms with E-state index in [1.165, 1.54) is 5.56 Å². The smallest absolute Gasteiger partial charge is 0.333 e. The van der Waals surface area contributed by atoms with Crippen molar-refractivity contribution in [3.05, 3.63) is 48.0 Å². The van der Waals surface area contributed by atoms with Gasteiger partial charge in [0.2, 0.25) is 0 Å². The van der Waals surface area contributed by atoms with E-state index in [4.69, 9.17) is 4.74 Å². The van der Waals surface area contributed by atoms with Crippen molar-refractivity contribution in [2.45, 2.75) is 33.7 Å². The molecule has 0 aliphatic rings. The third-order valence-electron chi connectivity index (χ3n) is 4.06. The maximum atomic E-state index is 11.4. The largest absolute Gasteiger partial charge is 0.462 e. The van der Waals surface area contributed by atoms with Gasteiger partial charge in [0.05, 0.1) is 26.2 Å². The van der Waals surface area contributed by atoms with Crippen LogP contribution in [0.1, 0.15) is 32.8 Å². The number of carbonyl (C=O) groups excluding carboxylic acids is 1. The number of hydrogen-bond acceptors (Lipinski definition) is 2. The zero-order valence-corrected chi connectivity index (χ0v) is 13.6. The Bertz CT molecular complexity index is 450. The molecule has 0 fully saturated rings. The van der Waals surface area contributed by atoms with Gasteiger partial charge >= 0.3 is 5.97 Å². The second-order valence-electron chi connectivity index (χ2n) is 5.61. The molecule has 0 bridgehead atoms. The number of quaternary nitrogens is 1. The quantitative estimate of drug-likeness (QED) is 0.301. The fourth-order valence-electron chi connectivity index (χ4n) is 2.50. The molecule has 3 nitrogen and oxygen atoms in total. The van der Waals surface area contributed by atoms with Crippen molar-refractivity contribution in [3.63, 3.8) is 0 Å². The first kappa shape index (κ1) is 17.4. The molecule has 0 amide bonds. The van der Waals surface area contributed by atoms with E-state index in [0.29, 0.717) is 12.2 Å². The van der Waals surface area contributed by atoms with E-state index in [9.17, 15) is 4.79 Å². The second kappa shape index (κ2) is 8.63. The zero-order valence-electron chi connectivity index (χ0n) is 13.6. The van der Waals surface area contributed by atoms with Crippen LogP contribution >= 0.6 is 0 Å². The number of carbonyl (C=O) groups is 1. The molecule has 0 saturated carbocycles. The van der Waals surface area contributed by atoms with Crippen LogP contribution in [0.25, 0.3) is 0 Å². The van der Waals surface area contributed by atoms with Crippen LogP contribution < -0.4 is 0 Å². The number of ether oxygens (including phenoxy) is 1. The summed E-state index contributed by atoms with van der Waals surface area (Å²) in [6, 6.07) is 10.6. The van der Waals surface area contributed by atoms with E-state index in [2.05, 4.69) is 44.7 Å². The zero-order chi connectivity index (χ0) is 15.7. The van der Waals surface area contributed by atoms with Gasteiger partial charge in [0.25, 0.3) is 0 Å². The first-order valence-electron chi connectivity index (χ1n) is 7.74. The summed E-state index contributed by atoms with van der Waals surface area (Å²) in [4.78, 5) is 11.4. The van der Waals surface area contributed by atoms with Gasteiger partial charge in [0.15, 0.2) is 0 Å². The maximum Gasteiger partial charge on any atom is 0.333 e. The maximum absolute atomic E-state index is 11.4. The third kappa shape index (κ3) is 5.72. The lowest BCUT2D eigenvalue weighted by Gasteiger charge is -2.37. The van der Waals surface area contributed by atoms with Crippen LogP contribution in [-0.4, -0.2) is 36.7 Å². The van der Waals surface area contributed by atoms with Crippen molar-refractivity contribution >= 4 is 5.97 Å². The summed E-state index contributed by atoms with van der Waals surface area (Å²) >= 11 is 0. The van der Waals surface area contributed by atoms with Gasteiger partial charge in [-0.3, -0.25) is 0 Å². The van der Waals surface area contributed by atoms with Crippen LogP contribution in [0.15, 0.2) is 42.5 Å². The van der Waals surface area contributed by atoms with Gasteiger partial charge in [-0.05, 0) is 20.8 Å². The van der Waals surface area contributed by atoms with Gasteiger partial charge in [0.1, 0.15) is 6.54 Å². The predicted octanol–water partition coefficient (Wildman–Crippen LogP) is 3.55. The molecule has 3 heteroatoms. The minimum atomic E-state index is -0.288. The van der Waals surface area contributed by atoms with Crippen LogP contribution in [0.5, 0.6) is 0 Å². The van der Waals surface area contributed by atoms with Crippen LogP contribution in [-0.2, 0) is 16.1 Å². The average Bonchev–Trinajstić information content (AvgIpc) is 2.51. The first-order valence-corrected chi connectivity index (χ1v) is 7.74. The van der Waals surface area contributed by atoms with Crippen LogP contribution in [0, 0.1) is 0 Å². The molecule has 1 aromatic carbocycles. The number of rotatable bonds is 9. The molecule has 0 aromatic heterocycles. The lowest BCUT2D eigenvalue weighted by molar-refractivity contribution is -0.938. The van der Waals surface area contributed by atoms with Crippen LogP contribution in [0.2, 0.25) is 0 Å². The Hall–Kier alpha value is -1.61. The molecule has 0 N–H and O–H groups in total. The molecule has 1 rings (SSSR count). The van der Waals surface area contributed by atoms with E-state index in [-0.39, 0.29) is 5.97 Å². The fraction of sp³-hybridized carbons (Fsp3) is 0.500. The predicted molar refractivity (Wildman–Crippen MR) is 86.7 cm³/mol. The van der Waals surface area contributed by atoms with Crippen LogP contribution in [0.3, 0.4) is 0 Å². The van der Waals surface area contributed by atoms with E-state index in [0.717, 1.165) is 37.1 Å². The minimum Gasteiger partial charge on any atom is -0.462 e. The number of benzene rings is 1. The molecule has 0 atom stereocenters. The Balaban J connectivity index is 2.52. The fourth-order valence-corrected chi connectivity index (χ4v) is 2.50. The summed E-state index contributed by atoms with van der Waals surface area (Å²) in [5, 5.41) is 0. The van der Waals surface area contributed by atoms with Crippen molar-refractivity contribution in [1.29, 1.82) is 0 Å². The molecule has 116 valence electrons. The molecule has 0 unspecified atom stereocenters. The highest BCUT2D eigenvalue weighted by Crippen LogP contribution is 2.15. The summed E-state index contributed by atoms with van der Waals surface area (Å²) in [5.74, 6) is -0.288. The molecular formula is C18H28NO2+. The number of esters is 1. The third-order valence-corrected chi connectivity index (χ3v) is 4.06. The molecule has 0 heterocycles. The van der Waals surface area contributed by atoms with Crippen molar-refractivity contribution in [2.75, 3.05) is 26.2 Å². The van der Waals surface area contributed by atoms with Gasteiger partial charge in [0, 0.05) is 17.6 Å². The molecule has 0 saturated heterocycles. The minimum absolute atomic E-state index is 0.288. The van der Waals surface area contributed by atoms with E-state index >= 15 is 0 Å². The highest BCUT2D eigenvalue weighted by atomic mass is 16.5. The lowest BCUT2D eigenvalue weighted by atomic mass is 10.1. The Kier molecular flexibility index (Phi) is 7.17. The van der Waals surface area contributed by atoms with Gasteiger partial charge < -0.3 is 9.22 Å². The van der Waals surface area contributed by atoms with E-state index < -0.39 is 0 Å². The number of hydrogen-bond donors (Lipinski definition) is 0. The molecular weight excluding hydrogens is 262 g/mol.